The zero-order chi connectivity index (χ0) is 18.4. The minimum atomic E-state index is -0.0893. The molecule has 0 aliphatic rings. The Kier molecular flexibility index (Phi) is 5.74. The molecule has 134 valence electrons. The van der Waals surface area contributed by atoms with E-state index < -0.39 is 0 Å². The third-order valence-electron chi connectivity index (χ3n) is 4.28. The van der Waals surface area contributed by atoms with Crippen LogP contribution in [0.5, 0.6) is 5.75 Å². The van der Waals surface area contributed by atoms with Gasteiger partial charge < -0.3 is 15.4 Å². The normalized spacial score (nSPS) is 11.8. The largest absolute Gasteiger partial charge is 0.491 e. The number of fused-ring (bicyclic) bond motifs is 1. The minimum absolute atomic E-state index is 0.0893. The average Bonchev–Trinajstić information content (AvgIpc) is 2.67. The van der Waals surface area contributed by atoms with Gasteiger partial charge >= 0.3 is 0 Å². The highest BCUT2D eigenvalue weighted by Gasteiger charge is 2.06. The Bertz CT molecular complexity index is 869. The zero-order valence-corrected chi connectivity index (χ0v) is 15.2. The predicted molar refractivity (Wildman–Crippen MR) is 108 cm³/mol. The zero-order valence-electron chi connectivity index (χ0n) is 15.2. The molecule has 0 heterocycles. The summed E-state index contributed by atoms with van der Waals surface area (Å²) in [6.07, 6.45) is 1.14. The summed E-state index contributed by atoms with van der Waals surface area (Å²) in [6.45, 7) is 4.33. The summed E-state index contributed by atoms with van der Waals surface area (Å²) in [6, 6.07) is 21.6. The van der Waals surface area contributed by atoms with Crippen molar-refractivity contribution in [2.45, 2.75) is 26.4 Å². The van der Waals surface area contributed by atoms with Crippen LogP contribution in [0.3, 0.4) is 0 Å². The van der Waals surface area contributed by atoms with Crippen molar-refractivity contribution in [3.8, 4) is 5.75 Å². The molecule has 3 aromatic carbocycles. The van der Waals surface area contributed by atoms with Crippen LogP contribution in [0.2, 0.25) is 0 Å². The summed E-state index contributed by atoms with van der Waals surface area (Å²) in [5.74, 6) is 0.722. The highest BCUT2D eigenvalue weighted by atomic mass is 16.5. The van der Waals surface area contributed by atoms with Crippen molar-refractivity contribution < 1.29 is 9.53 Å². The van der Waals surface area contributed by atoms with E-state index in [9.17, 15) is 4.79 Å². The van der Waals surface area contributed by atoms with Crippen LogP contribution >= 0.6 is 0 Å². The molecule has 0 aliphatic carbocycles. The van der Waals surface area contributed by atoms with Gasteiger partial charge in [0.1, 0.15) is 5.75 Å². The van der Waals surface area contributed by atoms with Crippen molar-refractivity contribution in [3.63, 3.8) is 0 Å². The van der Waals surface area contributed by atoms with Gasteiger partial charge in [0.15, 0.2) is 0 Å². The summed E-state index contributed by atoms with van der Waals surface area (Å²) >= 11 is 0. The topological polar surface area (TPSA) is 50.4 Å². The molecule has 3 rings (SSSR count). The second-order valence-electron chi connectivity index (χ2n) is 6.29. The fourth-order valence-corrected chi connectivity index (χ4v) is 2.69. The van der Waals surface area contributed by atoms with Gasteiger partial charge in [-0.15, -0.1) is 0 Å². The number of nitrogens with one attached hydrogen (secondary N) is 2. The number of hydrogen-bond acceptors (Lipinski definition) is 3. The molecule has 26 heavy (non-hydrogen) atoms. The number of hydrogen-bond donors (Lipinski definition) is 2. The first-order chi connectivity index (χ1) is 12.7. The summed E-state index contributed by atoms with van der Waals surface area (Å²) in [7, 11) is 0. The van der Waals surface area contributed by atoms with E-state index in [2.05, 4.69) is 29.7 Å². The number of carbonyl (C=O) groups excluding carboxylic acids is 1. The molecule has 0 spiro atoms. The summed E-state index contributed by atoms with van der Waals surface area (Å²) in [5.41, 5.74) is 1.71. The lowest BCUT2D eigenvalue weighted by atomic mass is 10.1. The third kappa shape index (κ3) is 4.54. The summed E-state index contributed by atoms with van der Waals surface area (Å²) < 4.78 is 5.74. The number of carbonyl (C=O) groups is 1. The number of anilines is 2. The molecule has 1 atom stereocenters. The number of rotatable bonds is 7. The van der Waals surface area contributed by atoms with Gasteiger partial charge in [0.2, 0.25) is 5.91 Å². The van der Waals surface area contributed by atoms with Crippen molar-refractivity contribution in [1.82, 2.24) is 0 Å². The highest BCUT2D eigenvalue weighted by Crippen LogP contribution is 2.23. The van der Waals surface area contributed by atoms with E-state index >= 15 is 0 Å². The van der Waals surface area contributed by atoms with Crippen molar-refractivity contribution in [2.24, 2.45) is 0 Å². The summed E-state index contributed by atoms with van der Waals surface area (Å²) in [4.78, 5) is 12.2. The molecule has 2 N–H and O–H groups in total. The van der Waals surface area contributed by atoms with Crippen LogP contribution in [-0.4, -0.2) is 18.6 Å². The van der Waals surface area contributed by atoms with E-state index in [0.717, 1.165) is 34.3 Å². The maximum Gasteiger partial charge on any atom is 0.243 e. The molecule has 1 unspecified atom stereocenters. The van der Waals surface area contributed by atoms with Crippen LogP contribution in [0.15, 0.2) is 66.7 Å². The molecule has 0 radical (unpaired) electrons. The molecule has 0 fully saturated rings. The lowest BCUT2D eigenvalue weighted by Crippen LogP contribution is -2.21. The minimum Gasteiger partial charge on any atom is -0.491 e. The van der Waals surface area contributed by atoms with E-state index in [1.54, 1.807) is 0 Å². The van der Waals surface area contributed by atoms with E-state index in [1.165, 1.54) is 0 Å². The van der Waals surface area contributed by atoms with Gasteiger partial charge in [-0.2, -0.15) is 0 Å². The van der Waals surface area contributed by atoms with E-state index in [-0.39, 0.29) is 18.6 Å². The van der Waals surface area contributed by atoms with Gasteiger partial charge in [-0.05, 0) is 49.1 Å². The Morgan fingerprint density at radius 1 is 1.00 bits per heavy atom. The van der Waals surface area contributed by atoms with Crippen LogP contribution < -0.4 is 15.4 Å². The van der Waals surface area contributed by atoms with E-state index in [4.69, 9.17) is 4.74 Å². The molecule has 4 heteroatoms. The summed E-state index contributed by atoms with van der Waals surface area (Å²) in [5, 5.41) is 8.37. The second-order valence-corrected chi connectivity index (χ2v) is 6.29. The van der Waals surface area contributed by atoms with Gasteiger partial charge in [0.05, 0.1) is 12.6 Å². The van der Waals surface area contributed by atoms with Crippen molar-refractivity contribution >= 4 is 28.1 Å². The van der Waals surface area contributed by atoms with Crippen molar-refractivity contribution in [3.05, 3.63) is 66.7 Å². The van der Waals surface area contributed by atoms with E-state index in [0.29, 0.717) is 0 Å². The van der Waals surface area contributed by atoms with Gasteiger partial charge in [-0.3, -0.25) is 4.79 Å². The van der Waals surface area contributed by atoms with Crippen molar-refractivity contribution in [2.75, 3.05) is 17.2 Å². The van der Waals surface area contributed by atoms with Crippen LogP contribution in [0, 0.1) is 0 Å². The molecule has 0 saturated heterocycles. The fourth-order valence-electron chi connectivity index (χ4n) is 2.69. The first kappa shape index (κ1) is 17.8. The Labute approximate surface area is 154 Å². The molecule has 0 saturated carbocycles. The monoisotopic (exact) mass is 348 g/mol. The predicted octanol–water partition coefficient (Wildman–Crippen LogP) is 5.07. The van der Waals surface area contributed by atoms with Crippen LogP contribution in [-0.2, 0) is 4.79 Å². The highest BCUT2D eigenvalue weighted by molar-refractivity contribution is 5.97. The molecule has 1 amide bonds. The van der Waals surface area contributed by atoms with Gasteiger partial charge in [-0.1, -0.05) is 43.3 Å². The maximum atomic E-state index is 12.2. The van der Waals surface area contributed by atoms with E-state index in [1.807, 2.05) is 61.5 Å². The standard InChI is InChI=1S/C22H24N2O2/c1-3-16(2)26-19-13-11-18(12-14-19)24-22(25)15-23-21-10-6-8-17-7-4-5-9-20(17)21/h4-14,16,23H,3,15H2,1-2H3,(H,24,25). The Hall–Kier alpha value is -3.01. The van der Waals surface area contributed by atoms with Gasteiger partial charge in [0.25, 0.3) is 0 Å². The number of benzene rings is 3. The Balaban J connectivity index is 1.57. The fraction of sp³-hybridized carbons (Fsp3) is 0.227. The first-order valence-electron chi connectivity index (χ1n) is 8.94. The maximum absolute atomic E-state index is 12.2. The molecule has 0 aliphatic heterocycles. The van der Waals surface area contributed by atoms with Crippen LogP contribution in [0.4, 0.5) is 11.4 Å². The molecule has 0 aromatic heterocycles. The smallest absolute Gasteiger partial charge is 0.243 e. The van der Waals surface area contributed by atoms with Crippen molar-refractivity contribution in [1.29, 1.82) is 0 Å². The molecular formula is C22H24N2O2. The molecule has 0 bridgehead atoms. The second kappa shape index (κ2) is 8.39. The number of amides is 1. The van der Waals surface area contributed by atoms with Gasteiger partial charge in [-0.25, -0.2) is 0 Å². The SMILES string of the molecule is CCC(C)Oc1ccc(NC(=O)CNc2cccc3ccccc23)cc1. The lowest BCUT2D eigenvalue weighted by Gasteiger charge is -2.13. The van der Waals surface area contributed by atoms with Crippen LogP contribution in [0.1, 0.15) is 20.3 Å². The number of ether oxygens (including phenoxy) is 1. The van der Waals surface area contributed by atoms with Gasteiger partial charge in [0, 0.05) is 16.8 Å². The third-order valence-corrected chi connectivity index (χ3v) is 4.28. The van der Waals surface area contributed by atoms with Crippen LogP contribution in [0.25, 0.3) is 10.8 Å². The first-order valence-corrected chi connectivity index (χ1v) is 8.94. The Morgan fingerprint density at radius 2 is 1.73 bits per heavy atom. The average molecular weight is 348 g/mol. The Morgan fingerprint density at radius 3 is 2.50 bits per heavy atom. The molecule has 3 aromatic rings. The molecular weight excluding hydrogens is 324 g/mol. The quantitative estimate of drug-likeness (QED) is 0.627. The molecule has 4 nitrogen and oxygen atoms in total. The lowest BCUT2D eigenvalue weighted by molar-refractivity contribution is -0.114.